The lowest BCUT2D eigenvalue weighted by Crippen LogP contribution is -2.06. The molecule has 6 nitrogen and oxygen atoms in total. The Morgan fingerprint density at radius 1 is 1.08 bits per heavy atom. The van der Waals surface area contributed by atoms with Crippen LogP contribution in [0.2, 0.25) is 5.02 Å². The second-order valence-electron chi connectivity index (χ2n) is 6.58. The summed E-state index contributed by atoms with van der Waals surface area (Å²) in [4.78, 5) is 4.49. The van der Waals surface area contributed by atoms with Gasteiger partial charge in [0.2, 0.25) is 5.82 Å². The van der Waals surface area contributed by atoms with Crippen molar-refractivity contribution < 1.29 is 4.52 Å². The monoisotopic (exact) mass is 365 g/mol. The van der Waals surface area contributed by atoms with E-state index in [9.17, 15) is 0 Å². The molecule has 0 radical (unpaired) electrons. The molecule has 7 heteroatoms. The first-order valence-corrected chi connectivity index (χ1v) is 9.11. The minimum atomic E-state index is 0.403. The van der Waals surface area contributed by atoms with Gasteiger partial charge < -0.3 is 4.52 Å². The van der Waals surface area contributed by atoms with Gasteiger partial charge in [0.25, 0.3) is 5.89 Å². The quantitative estimate of drug-likeness (QED) is 0.515. The molecule has 0 saturated heterocycles. The third-order valence-electron chi connectivity index (χ3n) is 4.93. The van der Waals surface area contributed by atoms with E-state index in [1.54, 1.807) is 6.07 Å². The van der Waals surface area contributed by atoms with Gasteiger partial charge in [-0.3, -0.25) is 0 Å². The standard InChI is InChI=1S/C19H16ClN5O/c20-15-8-4-3-7-14(15)19-21-18(23-26-19)12-9-10-17-16(11-12)22-24-25(17)13-5-1-2-6-13/h3-4,7-11,13H,1-2,5-6H2. The largest absolute Gasteiger partial charge is 0.334 e. The Hall–Kier alpha value is -2.73. The third kappa shape index (κ3) is 2.57. The normalized spacial score (nSPS) is 15.1. The van der Waals surface area contributed by atoms with Gasteiger partial charge in [0, 0.05) is 5.56 Å². The van der Waals surface area contributed by atoms with Crippen molar-refractivity contribution in [3.63, 3.8) is 0 Å². The number of rotatable bonds is 3. The van der Waals surface area contributed by atoms with Gasteiger partial charge in [0.15, 0.2) is 0 Å². The van der Waals surface area contributed by atoms with Crippen molar-refractivity contribution in [2.45, 2.75) is 31.7 Å². The molecule has 0 amide bonds. The second-order valence-corrected chi connectivity index (χ2v) is 6.99. The number of hydrogen-bond donors (Lipinski definition) is 0. The zero-order valence-corrected chi connectivity index (χ0v) is 14.7. The molecule has 1 saturated carbocycles. The molecule has 0 bridgehead atoms. The lowest BCUT2D eigenvalue weighted by Gasteiger charge is -2.09. The number of aromatic nitrogens is 5. The van der Waals surface area contributed by atoms with E-state index < -0.39 is 0 Å². The van der Waals surface area contributed by atoms with E-state index in [0.717, 1.165) is 22.2 Å². The molecule has 2 heterocycles. The summed E-state index contributed by atoms with van der Waals surface area (Å²) in [6, 6.07) is 13.8. The van der Waals surface area contributed by atoms with Crippen molar-refractivity contribution in [2.24, 2.45) is 0 Å². The highest BCUT2D eigenvalue weighted by Crippen LogP contribution is 2.32. The van der Waals surface area contributed by atoms with E-state index in [4.69, 9.17) is 16.1 Å². The van der Waals surface area contributed by atoms with Gasteiger partial charge in [-0.1, -0.05) is 46.9 Å². The maximum atomic E-state index is 6.21. The Morgan fingerprint density at radius 3 is 2.77 bits per heavy atom. The molecule has 0 unspecified atom stereocenters. The van der Waals surface area contributed by atoms with Gasteiger partial charge in [-0.15, -0.1) is 5.10 Å². The van der Waals surface area contributed by atoms with E-state index in [1.165, 1.54) is 25.7 Å². The average molecular weight is 366 g/mol. The molecule has 0 aliphatic heterocycles. The van der Waals surface area contributed by atoms with Crippen molar-refractivity contribution in [1.29, 1.82) is 0 Å². The molecule has 4 aromatic rings. The fourth-order valence-electron chi connectivity index (χ4n) is 3.58. The Labute approximate surface area is 154 Å². The third-order valence-corrected chi connectivity index (χ3v) is 5.26. The smallest absolute Gasteiger partial charge is 0.259 e. The minimum Gasteiger partial charge on any atom is -0.334 e. The SMILES string of the molecule is Clc1ccccc1-c1nc(-c2ccc3c(c2)nnn3C2CCCC2)no1. The minimum absolute atomic E-state index is 0.403. The molecular formula is C19H16ClN5O. The van der Waals surface area contributed by atoms with Crippen LogP contribution in [-0.4, -0.2) is 25.1 Å². The lowest BCUT2D eigenvalue weighted by molar-refractivity contribution is 0.432. The summed E-state index contributed by atoms with van der Waals surface area (Å²) in [5.74, 6) is 0.914. The van der Waals surface area contributed by atoms with Crippen LogP contribution in [0, 0.1) is 0 Å². The average Bonchev–Trinajstić information content (AvgIpc) is 3.41. The van der Waals surface area contributed by atoms with Crippen LogP contribution < -0.4 is 0 Å². The van der Waals surface area contributed by atoms with Crippen LogP contribution in [0.5, 0.6) is 0 Å². The predicted octanol–water partition coefficient (Wildman–Crippen LogP) is 4.92. The molecule has 0 spiro atoms. The lowest BCUT2D eigenvalue weighted by atomic mass is 10.1. The number of nitrogens with zero attached hydrogens (tertiary/aromatic N) is 5. The second kappa shape index (κ2) is 6.21. The fraction of sp³-hybridized carbons (Fsp3) is 0.263. The number of hydrogen-bond acceptors (Lipinski definition) is 5. The van der Waals surface area contributed by atoms with Gasteiger partial charge in [-0.2, -0.15) is 4.98 Å². The van der Waals surface area contributed by atoms with Crippen LogP contribution >= 0.6 is 11.6 Å². The van der Waals surface area contributed by atoms with Gasteiger partial charge in [-0.25, -0.2) is 4.68 Å². The first-order valence-electron chi connectivity index (χ1n) is 8.73. The number of halogens is 1. The molecular weight excluding hydrogens is 350 g/mol. The van der Waals surface area contributed by atoms with Gasteiger partial charge in [-0.05, 0) is 43.2 Å². The van der Waals surface area contributed by atoms with E-state index >= 15 is 0 Å². The Morgan fingerprint density at radius 2 is 1.92 bits per heavy atom. The fourth-order valence-corrected chi connectivity index (χ4v) is 3.80. The highest BCUT2D eigenvalue weighted by molar-refractivity contribution is 6.33. The summed E-state index contributed by atoms with van der Waals surface area (Å²) < 4.78 is 7.45. The van der Waals surface area contributed by atoms with E-state index in [1.807, 2.05) is 36.4 Å². The molecule has 5 rings (SSSR count). The summed E-state index contributed by atoms with van der Waals surface area (Å²) in [5, 5.41) is 13.4. The topological polar surface area (TPSA) is 69.6 Å². The predicted molar refractivity (Wildman–Crippen MR) is 98.8 cm³/mol. The molecule has 0 N–H and O–H groups in total. The molecule has 1 fully saturated rings. The van der Waals surface area contributed by atoms with Gasteiger partial charge in [0.1, 0.15) is 5.52 Å². The van der Waals surface area contributed by atoms with Crippen LogP contribution in [0.25, 0.3) is 33.9 Å². The highest BCUT2D eigenvalue weighted by atomic mass is 35.5. The van der Waals surface area contributed by atoms with Crippen molar-refractivity contribution in [1.82, 2.24) is 25.1 Å². The number of benzene rings is 2. The highest BCUT2D eigenvalue weighted by Gasteiger charge is 2.21. The van der Waals surface area contributed by atoms with E-state index in [-0.39, 0.29) is 0 Å². The van der Waals surface area contributed by atoms with Crippen molar-refractivity contribution >= 4 is 22.6 Å². The van der Waals surface area contributed by atoms with Crippen LogP contribution in [0.3, 0.4) is 0 Å². The molecule has 130 valence electrons. The molecule has 2 aromatic carbocycles. The summed E-state index contributed by atoms with van der Waals surface area (Å²) in [7, 11) is 0. The molecule has 0 atom stereocenters. The van der Waals surface area contributed by atoms with E-state index in [0.29, 0.717) is 22.8 Å². The maximum absolute atomic E-state index is 6.21. The van der Waals surface area contributed by atoms with Crippen molar-refractivity contribution in [2.75, 3.05) is 0 Å². The maximum Gasteiger partial charge on any atom is 0.259 e. The summed E-state index contributed by atoms with van der Waals surface area (Å²) >= 11 is 6.21. The van der Waals surface area contributed by atoms with Gasteiger partial charge >= 0.3 is 0 Å². The van der Waals surface area contributed by atoms with Crippen LogP contribution in [0.15, 0.2) is 47.0 Å². The molecule has 26 heavy (non-hydrogen) atoms. The zero-order valence-electron chi connectivity index (χ0n) is 14.0. The Balaban J connectivity index is 1.51. The van der Waals surface area contributed by atoms with Crippen molar-refractivity contribution in [3.05, 3.63) is 47.5 Å². The first kappa shape index (κ1) is 15.5. The van der Waals surface area contributed by atoms with Gasteiger partial charge in [0.05, 0.1) is 22.1 Å². The molecule has 1 aliphatic rings. The first-order chi connectivity index (χ1) is 12.8. The summed E-state index contributed by atoms with van der Waals surface area (Å²) in [6.07, 6.45) is 4.87. The van der Waals surface area contributed by atoms with Crippen LogP contribution in [0.4, 0.5) is 0 Å². The number of fused-ring (bicyclic) bond motifs is 1. The summed E-state index contributed by atoms with van der Waals surface area (Å²) in [5.41, 5.74) is 3.47. The van der Waals surface area contributed by atoms with E-state index in [2.05, 4.69) is 25.1 Å². The molecule has 2 aromatic heterocycles. The molecule has 1 aliphatic carbocycles. The zero-order chi connectivity index (χ0) is 17.5. The summed E-state index contributed by atoms with van der Waals surface area (Å²) in [6.45, 7) is 0. The Kier molecular flexibility index (Phi) is 3.71. The Bertz CT molecular complexity index is 1080. The van der Waals surface area contributed by atoms with Crippen molar-refractivity contribution in [3.8, 4) is 22.8 Å². The van der Waals surface area contributed by atoms with Crippen LogP contribution in [0.1, 0.15) is 31.7 Å². The van der Waals surface area contributed by atoms with Crippen LogP contribution in [-0.2, 0) is 0 Å².